The number of hydrogen-bond acceptors (Lipinski definition) is 5. The number of hydrogen-bond donors (Lipinski definition) is 0. The lowest BCUT2D eigenvalue weighted by Gasteiger charge is -2.24. The maximum absolute atomic E-state index is 11.0. The van der Waals surface area contributed by atoms with Crippen LogP contribution in [0, 0.1) is 10.1 Å². The van der Waals surface area contributed by atoms with Gasteiger partial charge < -0.3 is 4.90 Å². The number of para-hydroxylation sites is 1. The smallest absolute Gasteiger partial charge is 0.271 e. The van der Waals surface area contributed by atoms with Crippen LogP contribution in [0.3, 0.4) is 0 Å². The van der Waals surface area contributed by atoms with Crippen molar-refractivity contribution in [3.05, 3.63) is 58.6 Å². The Kier molecular flexibility index (Phi) is 4.69. The lowest BCUT2D eigenvalue weighted by molar-refractivity contribution is -0.384. The monoisotopic (exact) mass is 325 g/mol. The molecule has 0 fully saturated rings. The maximum atomic E-state index is 11.0. The molecule has 0 unspecified atom stereocenters. The zero-order chi connectivity index (χ0) is 16.9. The summed E-state index contributed by atoms with van der Waals surface area (Å²) in [6.07, 6.45) is 2.04. The number of aromatic nitrogens is 3. The summed E-state index contributed by atoms with van der Waals surface area (Å²) in [6, 6.07) is 14.5. The molecule has 3 aromatic rings. The summed E-state index contributed by atoms with van der Waals surface area (Å²) in [7, 11) is 0. The van der Waals surface area contributed by atoms with Crippen LogP contribution in [-0.2, 0) is 6.67 Å². The van der Waals surface area contributed by atoms with E-state index in [1.54, 1.807) is 12.1 Å². The third kappa shape index (κ3) is 3.34. The fourth-order valence-corrected chi connectivity index (χ4v) is 2.62. The molecule has 2 aromatic carbocycles. The highest BCUT2D eigenvalue weighted by molar-refractivity contribution is 5.73. The fraction of sp³-hybridized carbons (Fsp3) is 0.294. The molecule has 0 amide bonds. The predicted octanol–water partition coefficient (Wildman–Crippen LogP) is 3.60. The van der Waals surface area contributed by atoms with Crippen LogP contribution in [0.2, 0.25) is 0 Å². The summed E-state index contributed by atoms with van der Waals surface area (Å²) in [5.74, 6) is 0. The zero-order valence-electron chi connectivity index (χ0n) is 13.5. The molecule has 0 bridgehead atoms. The van der Waals surface area contributed by atoms with Crippen molar-refractivity contribution in [2.45, 2.75) is 26.4 Å². The van der Waals surface area contributed by atoms with Crippen LogP contribution in [0.4, 0.5) is 11.4 Å². The van der Waals surface area contributed by atoms with E-state index in [0.717, 1.165) is 36.1 Å². The first-order valence-electron chi connectivity index (χ1n) is 7.96. The van der Waals surface area contributed by atoms with Crippen molar-refractivity contribution in [3.8, 4) is 0 Å². The van der Waals surface area contributed by atoms with Gasteiger partial charge in [0.1, 0.15) is 12.2 Å². The highest BCUT2D eigenvalue weighted by Crippen LogP contribution is 2.23. The second-order valence-electron chi connectivity index (χ2n) is 5.61. The number of rotatable bonds is 7. The van der Waals surface area contributed by atoms with Gasteiger partial charge in [0.25, 0.3) is 5.69 Å². The molecule has 7 nitrogen and oxygen atoms in total. The number of nitro groups is 1. The molecule has 3 rings (SSSR count). The van der Waals surface area contributed by atoms with Crippen LogP contribution in [-0.4, -0.2) is 26.5 Å². The molecule has 0 atom stereocenters. The molecule has 0 aliphatic carbocycles. The van der Waals surface area contributed by atoms with Gasteiger partial charge in [-0.25, -0.2) is 4.68 Å². The summed E-state index contributed by atoms with van der Waals surface area (Å²) in [4.78, 5) is 12.8. The Labute approximate surface area is 139 Å². The van der Waals surface area contributed by atoms with Crippen molar-refractivity contribution in [1.82, 2.24) is 15.0 Å². The summed E-state index contributed by atoms with van der Waals surface area (Å²) in [5.41, 5.74) is 2.70. The first kappa shape index (κ1) is 15.9. The number of nitrogens with zero attached hydrogens (tertiary/aromatic N) is 5. The average molecular weight is 325 g/mol. The normalized spacial score (nSPS) is 10.9. The number of fused-ring (bicyclic) bond motifs is 1. The van der Waals surface area contributed by atoms with Crippen LogP contribution in [0.25, 0.3) is 11.0 Å². The molecule has 124 valence electrons. The van der Waals surface area contributed by atoms with Crippen molar-refractivity contribution in [2.24, 2.45) is 0 Å². The van der Waals surface area contributed by atoms with Crippen LogP contribution < -0.4 is 4.90 Å². The summed E-state index contributed by atoms with van der Waals surface area (Å²) in [5, 5.41) is 19.4. The van der Waals surface area contributed by atoms with E-state index < -0.39 is 0 Å². The number of benzene rings is 2. The molecule has 0 N–H and O–H groups in total. The van der Waals surface area contributed by atoms with Gasteiger partial charge in [-0.3, -0.25) is 10.1 Å². The lowest BCUT2D eigenvalue weighted by atomic mass is 10.2. The molecular weight excluding hydrogens is 306 g/mol. The van der Waals surface area contributed by atoms with Crippen molar-refractivity contribution < 1.29 is 4.92 Å². The maximum Gasteiger partial charge on any atom is 0.271 e. The highest BCUT2D eigenvalue weighted by Gasteiger charge is 2.13. The average Bonchev–Trinajstić information content (AvgIpc) is 3.01. The second-order valence-corrected chi connectivity index (χ2v) is 5.61. The molecular formula is C17H19N5O2. The molecule has 0 saturated carbocycles. The summed E-state index contributed by atoms with van der Waals surface area (Å²) < 4.78 is 1.82. The first-order valence-corrected chi connectivity index (χ1v) is 7.96. The Balaban J connectivity index is 1.91. The largest absolute Gasteiger partial charge is 0.352 e. The van der Waals surface area contributed by atoms with E-state index in [1.807, 2.05) is 35.0 Å². The van der Waals surface area contributed by atoms with Gasteiger partial charge in [-0.05, 0) is 24.6 Å². The number of nitro benzene ring substituents is 1. The SMILES string of the molecule is CCCCN(Cn1nnc2ccccc21)c1cccc([N+](=O)[O-])c1. The molecule has 0 aliphatic heterocycles. The minimum atomic E-state index is -0.369. The number of unbranched alkanes of at least 4 members (excludes halogenated alkanes) is 1. The standard InChI is InChI=1S/C17H19N5O2/c1-2-3-11-20(14-7-6-8-15(12-14)22(23)24)13-21-17-10-5-4-9-16(17)18-19-21/h4-10,12H,2-3,11,13H2,1H3. The number of anilines is 1. The van der Waals surface area contributed by atoms with Gasteiger partial charge in [0.15, 0.2) is 0 Å². The summed E-state index contributed by atoms with van der Waals surface area (Å²) in [6.45, 7) is 3.42. The van der Waals surface area contributed by atoms with Crippen molar-refractivity contribution in [2.75, 3.05) is 11.4 Å². The third-order valence-electron chi connectivity index (χ3n) is 3.91. The van der Waals surface area contributed by atoms with E-state index in [-0.39, 0.29) is 10.6 Å². The van der Waals surface area contributed by atoms with Gasteiger partial charge in [0.2, 0.25) is 0 Å². The van der Waals surface area contributed by atoms with Gasteiger partial charge in [-0.15, -0.1) is 5.10 Å². The summed E-state index contributed by atoms with van der Waals surface area (Å²) >= 11 is 0. The second kappa shape index (κ2) is 7.08. The van der Waals surface area contributed by atoms with Gasteiger partial charge in [0, 0.05) is 24.4 Å². The van der Waals surface area contributed by atoms with E-state index in [9.17, 15) is 10.1 Å². The van der Waals surface area contributed by atoms with Gasteiger partial charge in [0.05, 0.1) is 10.4 Å². The minimum absolute atomic E-state index is 0.0949. The Bertz CT molecular complexity index is 846. The predicted molar refractivity (Wildman–Crippen MR) is 92.9 cm³/mol. The van der Waals surface area contributed by atoms with E-state index in [4.69, 9.17) is 0 Å². The molecule has 0 aliphatic rings. The van der Waals surface area contributed by atoms with E-state index in [0.29, 0.717) is 6.67 Å². The minimum Gasteiger partial charge on any atom is -0.352 e. The third-order valence-corrected chi connectivity index (χ3v) is 3.91. The Morgan fingerprint density at radius 1 is 1.21 bits per heavy atom. The van der Waals surface area contributed by atoms with Gasteiger partial charge in [-0.1, -0.05) is 36.8 Å². The molecule has 0 radical (unpaired) electrons. The zero-order valence-corrected chi connectivity index (χ0v) is 13.5. The van der Waals surface area contributed by atoms with Crippen LogP contribution in [0.1, 0.15) is 19.8 Å². The molecule has 1 heterocycles. The van der Waals surface area contributed by atoms with Crippen molar-refractivity contribution >= 4 is 22.4 Å². The molecule has 0 saturated heterocycles. The first-order chi connectivity index (χ1) is 11.7. The van der Waals surface area contributed by atoms with Crippen LogP contribution in [0.15, 0.2) is 48.5 Å². The number of non-ortho nitro benzene ring substituents is 1. The van der Waals surface area contributed by atoms with Crippen molar-refractivity contribution in [1.29, 1.82) is 0 Å². The molecule has 24 heavy (non-hydrogen) atoms. The van der Waals surface area contributed by atoms with Gasteiger partial charge >= 0.3 is 0 Å². The van der Waals surface area contributed by atoms with Gasteiger partial charge in [-0.2, -0.15) is 0 Å². The topological polar surface area (TPSA) is 77.1 Å². The highest BCUT2D eigenvalue weighted by atomic mass is 16.6. The Morgan fingerprint density at radius 3 is 2.83 bits per heavy atom. The molecule has 0 spiro atoms. The van der Waals surface area contributed by atoms with E-state index in [2.05, 4.69) is 22.1 Å². The van der Waals surface area contributed by atoms with Crippen molar-refractivity contribution in [3.63, 3.8) is 0 Å². The van der Waals surface area contributed by atoms with Crippen LogP contribution >= 0.6 is 0 Å². The Morgan fingerprint density at radius 2 is 2.04 bits per heavy atom. The quantitative estimate of drug-likeness (QED) is 0.490. The molecule has 7 heteroatoms. The molecule has 1 aromatic heterocycles. The van der Waals surface area contributed by atoms with E-state index in [1.165, 1.54) is 6.07 Å². The lowest BCUT2D eigenvalue weighted by Crippen LogP contribution is -2.28. The van der Waals surface area contributed by atoms with E-state index >= 15 is 0 Å². The fourth-order valence-electron chi connectivity index (χ4n) is 2.62. The Hall–Kier alpha value is -2.96. The van der Waals surface area contributed by atoms with Crippen LogP contribution in [0.5, 0.6) is 0 Å².